The average molecular weight is 233 g/mol. The van der Waals surface area contributed by atoms with Gasteiger partial charge in [0.25, 0.3) is 0 Å². The van der Waals surface area contributed by atoms with Crippen LogP contribution in [0.2, 0.25) is 0 Å². The van der Waals surface area contributed by atoms with E-state index in [0.717, 1.165) is 0 Å². The van der Waals surface area contributed by atoms with Crippen molar-refractivity contribution in [3.05, 3.63) is 26.0 Å². The first-order valence-corrected chi connectivity index (χ1v) is 4.21. The van der Waals surface area contributed by atoms with E-state index in [0.29, 0.717) is 15.8 Å². The lowest BCUT2D eigenvalue weighted by Crippen LogP contribution is -2.09. The summed E-state index contributed by atoms with van der Waals surface area (Å²) < 4.78 is 10.4. The normalized spacial score (nSPS) is 10.0. The van der Waals surface area contributed by atoms with E-state index in [2.05, 4.69) is 15.9 Å². The molecule has 0 aliphatic carbocycles. The number of hydrogen-bond donors (Lipinski definition) is 0. The van der Waals surface area contributed by atoms with Gasteiger partial charge < -0.3 is 9.15 Å². The predicted molar refractivity (Wildman–Crippen MR) is 48.7 cm³/mol. The van der Waals surface area contributed by atoms with Crippen LogP contribution in [0.1, 0.15) is 11.3 Å². The van der Waals surface area contributed by atoms with Gasteiger partial charge >= 0.3 is 5.95 Å². The van der Waals surface area contributed by atoms with Gasteiger partial charge in [-0.05, 0) is 29.8 Å². The lowest BCUT2D eigenvalue weighted by atomic mass is 10.2. The Morgan fingerprint density at radius 2 is 2.00 bits per heavy atom. The molecule has 0 radical (unpaired) electrons. The Hall–Kier alpha value is -0.770. The van der Waals surface area contributed by atoms with E-state index >= 15 is 0 Å². The summed E-state index contributed by atoms with van der Waals surface area (Å²) in [6.45, 7) is 3.44. The molecule has 0 saturated carbocycles. The maximum absolute atomic E-state index is 11.4. The van der Waals surface area contributed by atoms with Gasteiger partial charge in [-0.1, -0.05) is 0 Å². The minimum atomic E-state index is -0.0874. The molecule has 0 N–H and O–H groups in total. The molecule has 0 aromatic carbocycles. The molecule has 0 unspecified atom stereocenters. The molecule has 1 rings (SSSR count). The lowest BCUT2D eigenvalue weighted by molar-refractivity contribution is 0.284. The highest BCUT2D eigenvalue weighted by molar-refractivity contribution is 9.10. The third kappa shape index (κ3) is 1.39. The van der Waals surface area contributed by atoms with Crippen molar-refractivity contribution in [1.29, 1.82) is 0 Å². The van der Waals surface area contributed by atoms with E-state index in [9.17, 15) is 4.79 Å². The van der Waals surface area contributed by atoms with E-state index in [-0.39, 0.29) is 11.4 Å². The molecule has 0 aliphatic heterocycles. The maximum atomic E-state index is 11.4. The molecule has 0 saturated heterocycles. The first kappa shape index (κ1) is 9.32. The summed E-state index contributed by atoms with van der Waals surface area (Å²) in [5.74, 6) is 0.808. The van der Waals surface area contributed by atoms with Gasteiger partial charge in [-0.3, -0.25) is 4.79 Å². The van der Waals surface area contributed by atoms with Crippen molar-refractivity contribution in [3.8, 4) is 5.95 Å². The monoisotopic (exact) mass is 232 g/mol. The van der Waals surface area contributed by atoms with Crippen LogP contribution in [0.15, 0.2) is 13.7 Å². The highest BCUT2D eigenvalue weighted by atomic mass is 79.9. The molecule has 4 heteroatoms. The quantitative estimate of drug-likeness (QED) is 0.744. The summed E-state index contributed by atoms with van der Waals surface area (Å²) in [6.07, 6.45) is 0. The van der Waals surface area contributed by atoms with Crippen molar-refractivity contribution in [2.75, 3.05) is 7.11 Å². The highest BCUT2D eigenvalue weighted by Gasteiger charge is 2.11. The van der Waals surface area contributed by atoms with Crippen LogP contribution in [0.4, 0.5) is 0 Å². The first-order valence-electron chi connectivity index (χ1n) is 3.41. The van der Waals surface area contributed by atoms with Crippen LogP contribution in [-0.2, 0) is 0 Å². The molecule has 66 valence electrons. The van der Waals surface area contributed by atoms with E-state index in [1.807, 2.05) is 0 Å². The highest BCUT2D eigenvalue weighted by Crippen LogP contribution is 2.22. The van der Waals surface area contributed by atoms with Crippen molar-refractivity contribution in [1.82, 2.24) is 0 Å². The fourth-order valence-electron chi connectivity index (χ4n) is 0.809. The molecule has 12 heavy (non-hydrogen) atoms. The Bertz CT molecular complexity index is 354. The number of methoxy groups -OCH3 is 1. The summed E-state index contributed by atoms with van der Waals surface area (Å²) in [5.41, 5.74) is 0.512. The zero-order valence-electron chi connectivity index (χ0n) is 7.10. The molecule has 1 heterocycles. The van der Waals surface area contributed by atoms with Crippen LogP contribution in [-0.4, -0.2) is 7.11 Å². The second-order valence-electron chi connectivity index (χ2n) is 2.42. The van der Waals surface area contributed by atoms with Gasteiger partial charge in [0.1, 0.15) is 10.2 Å². The summed E-state index contributed by atoms with van der Waals surface area (Å²) in [5, 5.41) is 0. The molecule has 0 spiro atoms. The van der Waals surface area contributed by atoms with Crippen molar-refractivity contribution >= 4 is 15.9 Å². The number of rotatable bonds is 1. The Balaban J connectivity index is 3.50. The molecule has 0 bridgehead atoms. The Labute approximate surface area is 78.5 Å². The predicted octanol–water partition coefficient (Wildman–Crippen LogP) is 2.03. The fraction of sp³-hybridized carbons (Fsp3) is 0.375. The number of aryl methyl sites for hydroxylation is 1. The molecule has 0 atom stereocenters. The molecule has 0 amide bonds. The van der Waals surface area contributed by atoms with Crippen LogP contribution in [0.25, 0.3) is 0 Å². The van der Waals surface area contributed by atoms with Crippen molar-refractivity contribution in [3.63, 3.8) is 0 Å². The fourth-order valence-corrected chi connectivity index (χ4v) is 1.35. The summed E-state index contributed by atoms with van der Waals surface area (Å²) >= 11 is 3.09. The van der Waals surface area contributed by atoms with Crippen LogP contribution in [0.5, 0.6) is 5.95 Å². The summed E-state index contributed by atoms with van der Waals surface area (Å²) in [6, 6.07) is 0. The van der Waals surface area contributed by atoms with E-state index in [1.165, 1.54) is 7.11 Å². The number of halogens is 1. The third-order valence-electron chi connectivity index (χ3n) is 1.68. The third-order valence-corrected chi connectivity index (χ3v) is 2.36. The summed E-state index contributed by atoms with van der Waals surface area (Å²) in [7, 11) is 1.46. The Morgan fingerprint density at radius 3 is 2.50 bits per heavy atom. The topological polar surface area (TPSA) is 39.4 Å². The zero-order chi connectivity index (χ0) is 9.30. The van der Waals surface area contributed by atoms with E-state index < -0.39 is 0 Å². The van der Waals surface area contributed by atoms with Gasteiger partial charge in [-0.15, -0.1) is 0 Å². The average Bonchev–Trinajstić information content (AvgIpc) is 2.08. The molecule has 3 nitrogen and oxygen atoms in total. The van der Waals surface area contributed by atoms with Gasteiger partial charge in [0, 0.05) is 5.56 Å². The van der Waals surface area contributed by atoms with Gasteiger partial charge in [0.05, 0.1) is 7.11 Å². The van der Waals surface area contributed by atoms with Gasteiger partial charge in [0.15, 0.2) is 0 Å². The largest absolute Gasteiger partial charge is 0.468 e. The minimum Gasteiger partial charge on any atom is -0.468 e. The molecular weight excluding hydrogens is 224 g/mol. The molecular formula is C8H9BrO3. The first-order chi connectivity index (χ1) is 5.57. The smallest absolute Gasteiger partial charge is 0.303 e. The standard InChI is InChI=1S/C8H9BrO3/c1-4-5(2)12-8(11-3)6(9)7(4)10/h1-3H3. The van der Waals surface area contributed by atoms with Gasteiger partial charge in [-0.2, -0.15) is 0 Å². The van der Waals surface area contributed by atoms with Crippen LogP contribution >= 0.6 is 15.9 Å². The van der Waals surface area contributed by atoms with Crippen molar-refractivity contribution in [2.24, 2.45) is 0 Å². The number of ether oxygens (including phenoxy) is 1. The Kier molecular flexibility index (Phi) is 2.57. The van der Waals surface area contributed by atoms with Crippen LogP contribution < -0.4 is 10.2 Å². The lowest BCUT2D eigenvalue weighted by Gasteiger charge is -2.04. The van der Waals surface area contributed by atoms with Crippen molar-refractivity contribution in [2.45, 2.75) is 13.8 Å². The Morgan fingerprint density at radius 1 is 1.42 bits per heavy atom. The molecule has 0 aliphatic rings. The molecule has 0 fully saturated rings. The van der Waals surface area contributed by atoms with Gasteiger partial charge in [0.2, 0.25) is 5.43 Å². The zero-order valence-corrected chi connectivity index (χ0v) is 8.69. The molecule has 1 aromatic rings. The van der Waals surface area contributed by atoms with E-state index in [1.54, 1.807) is 13.8 Å². The second-order valence-corrected chi connectivity index (χ2v) is 3.21. The van der Waals surface area contributed by atoms with Crippen molar-refractivity contribution < 1.29 is 9.15 Å². The van der Waals surface area contributed by atoms with Gasteiger partial charge in [-0.25, -0.2) is 0 Å². The SMILES string of the molecule is COc1oc(C)c(C)c(=O)c1Br. The van der Waals surface area contributed by atoms with Crippen LogP contribution in [0.3, 0.4) is 0 Å². The molecule has 1 aromatic heterocycles. The minimum absolute atomic E-state index is 0.0874. The maximum Gasteiger partial charge on any atom is 0.303 e. The van der Waals surface area contributed by atoms with Crippen LogP contribution in [0, 0.1) is 13.8 Å². The number of hydrogen-bond acceptors (Lipinski definition) is 3. The second kappa shape index (κ2) is 3.31. The summed E-state index contributed by atoms with van der Waals surface area (Å²) in [4.78, 5) is 11.4. The van der Waals surface area contributed by atoms with E-state index in [4.69, 9.17) is 9.15 Å².